The van der Waals surface area contributed by atoms with Gasteiger partial charge in [-0.25, -0.2) is 22.2 Å². The van der Waals surface area contributed by atoms with E-state index in [9.17, 15) is 17.2 Å². The second kappa shape index (κ2) is 10.8. The highest BCUT2D eigenvalue weighted by atomic mass is 32.2. The normalized spacial score (nSPS) is 15.3. The van der Waals surface area contributed by atoms with Crippen LogP contribution in [0.1, 0.15) is 50.7 Å². The zero-order chi connectivity index (χ0) is 27.7. The third-order valence-corrected chi connectivity index (χ3v) is 8.73. The first kappa shape index (κ1) is 27.7. The van der Waals surface area contributed by atoms with E-state index in [1.807, 2.05) is 14.0 Å². The van der Waals surface area contributed by atoms with E-state index in [0.29, 0.717) is 30.0 Å². The van der Waals surface area contributed by atoms with Crippen molar-refractivity contribution in [3.05, 3.63) is 65.4 Å². The minimum Gasteiger partial charge on any atom is -0.340 e. The number of anilines is 5. The van der Waals surface area contributed by atoms with Crippen LogP contribution < -0.4 is 15.4 Å². The topological polar surface area (TPSA) is 99.2 Å². The molecule has 0 spiro atoms. The molecular weight excluding hydrogens is 510 g/mol. The highest BCUT2D eigenvalue weighted by Crippen LogP contribution is 2.33. The average molecular weight is 545 g/mol. The Kier molecular flexibility index (Phi) is 7.89. The van der Waals surface area contributed by atoms with E-state index in [-0.39, 0.29) is 23.1 Å². The lowest BCUT2D eigenvalue weighted by Gasteiger charge is -2.29. The summed E-state index contributed by atoms with van der Waals surface area (Å²) in [5.41, 5.74) is 2.09. The Morgan fingerprint density at radius 3 is 2.24 bits per heavy atom. The van der Waals surface area contributed by atoms with Gasteiger partial charge < -0.3 is 15.5 Å². The van der Waals surface area contributed by atoms with Crippen LogP contribution in [0.4, 0.5) is 37.6 Å². The van der Waals surface area contributed by atoms with Crippen LogP contribution in [0.3, 0.4) is 0 Å². The van der Waals surface area contributed by atoms with Gasteiger partial charge in [-0.15, -0.1) is 0 Å². The molecule has 0 amide bonds. The molecule has 1 aromatic heterocycles. The molecule has 3 N–H and O–H groups in total. The molecule has 1 saturated heterocycles. The minimum absolute atomic E-state index is 0.137. The highest BCUT2D eigenvalue weighted by molar-refractivity contribution is 7.94. The first-order valence-electron chi connectivity index (χ1n) is 12.5. The van der Waals surface area contributed by atoms with Gasteiger partial charge in [0.15, 0.2) is 0 Å². The maximum absolute atomic E-state index is 15.0. The predicted molar refractivity (Wildman–Crippen MR) is 148 cm³/mol. The number of likely N-dealkylation sites (tertiary alicyclic amines) is 1. The molecule has 0 unspecified atom stereocenters. The molecule has 0 saturated carbocycles. The number of benzene rings is 2. The van der Waals surface area contributed by atoms with Crippen LogP contribution in [-0.2, 0) is 10.0 Å². The summed E-state index contributed by atoms with van der Waals surface area (Å²) >= 11 is 0. The second-order valence-corrected chi connectivity index (χ2v) is 13.1. The molecule has 0 bridgehead atoms. The van der Waals surface area contributed by atoms with Crippen molar-refractivity contribution in [3.63, 3.8) is 0 Å². The van der Waals surface area contributed by atoms with Crippen molar-refractivity contribution in [3.8, 4) is 0 Å². The fourth-order valence-corrected chi connectivity index (χ4v) is 4.95. The molecule has 38 heavy (non-hydrogen) atoms. The van der Waals surface area contributed by atoms with Gasteiger partial charge in [-0.1, -0.05) is 6.07 Å². The summed E-state index contributed by atoms with van der Waals surface area (Å²) in [6.45, 7) is 8.29. The van der Waals surface area contributed by atoms with Crippen molar-refractivity contribution in [2.24, 2.45) is 0 Å². The number of rotatable bonds is 7. The van der Waals surface area contributed by atoms with Crippen LogP contribution in [0.25, 0.3) is 0 Å². The Hall–Kier alpha value is -3.31. The predicted octanol–water partition coefficient (Wildman–Crippen LogP) is 5.90. The standard InChI is InChI=1S/C27H34F2N6O2S/c1-17-16-30-26(32-21-14-22(28)24(23(29)15-21)18-9-11-35(5)12-10-18)33-25(17)31-19-7-6-8-20(13-19)34-38(36,37)27(2,3)4/h6-8,13-16,18,34H,9-12H2,1-5H3,(H2,30,31,32,33). The van der Waals surface area contributed by atoms with E-state index in [4.69, 9.17) is 0 Å². The summed E-state index contributed by atoms with van der Waals surface area (Å²) in [5, 5.41) is 6.06. The van der Waals surface area contributed by atoms with Crippen LogP contribution in [0.5, 0.6) is 0 Å². The van der Waals surface area contributed by atoms with Gasteiger partial charge in [-0.2, -0.15) is 4.98 Å². The Labute approximate surface area is 222 Å². The van der Waals surface area contributed by atoms with E-state index in [1.54, 1.807) is 51.2 Å². The lowest BCUT2D eigenvalue weighted by Crippen LogP contribution is -2.33. The van der Waals surface area contributed by atoms with Gasteiger partial charge in [0.25, 0.3) is 0 Å². The lowest BCUT2D eigenvalue weighted by atomic mass is 9.88. The summed E-state index contributed by atoms with van der Waals surface area (Å²) in [6.07, 6.45) is 3.02. The molecule has 1 aliphatic rings. The molecule has 0 aliphatic carbocycles. The fraction of sp³-hybridized carbons (Fsp3) is 0.407. The summed E-state index contributed by atoms with van der Waals surface area (Å²) in [5.74, 6) is -0.685. The van der Waals surface area contributed by atoms with E-state index in [1.165, 1.54) is 12.1 Å². The molecular formula is C27H34F2N6O2S. The SMILES string of the molecule is Cc1cnc(Nc2cc(F)c(C3CCN(C)CC3)c(F)c2)nc1Nc1cccc(NS(=O)(=O)C(C)(C)C)c1. The lowest BCUT2D eigenvalue weighted by molar-refractivity contribution is 0.250. The maximum Gasteiger partial charge on any atom is 0.237 e. The molecule has 2 heterocycles. The third-order valence-electron chi connectivity index (χ3n) is 6.62. The number of nitrogens with zero attached hydrogens (tertiary/aromatic N) is 3. The monoisotopic (exact) mass is 544 g/mol. The van der Waals surface area contributed by atoms with Crippen LogP contribution in [-0.4, -0.2) is 48.2 Å². The molecule has 8 nitrogen and oxygen atoms in total. The Morgan fingerprint density at radius 2 is 1.61 bits per heavy atom. The molecule has 1 aliphatic heterocycles. The summed E-state index contributed by atoms with van der Waals surface area (Å²) in [4.78, 5) is 10.9. The Balaban J connectivity index is 1.51. The summed E-state index contributed by atoms with van der Waals surface area (Å²) in [6, 6.07) is 9.36. The van der Waals surface area contributed by atoms with Crippen molar-refractivity contribution in [1.82, 2.24) is 14.9 Å². The quantitative estimate of drug-likeness (QED) is 0.341. The fourth-order valence-electron chi connectivity index (χ4n) is 4.21. The molecule has 11 heteroatoms. The highest BCUT2D eigenvalue weighted by Gasteiger charge is 2.29. The van der Waals surface area contributed by atoms with E-state index >= 15 is 0 Å². The van der Waals surface area contributed by atoms with Crippen LogP contribution >= 0.6 is 0 Å². The third kappa shape index (κ3) is 6.39. The van der Waals surface area contributed by atoms with Gasteiger partial charge >= 0.3 is 0 Å². The van der Waals surface area contributed by atoms with E-state index in [2.05, 4.69) is 30.2 Å². The van der Waals surface area contributed by atoms with E-state index in [0.717, 1.165) is 18.7 Å². The van der Waals surface area contributed by atoms with Gasteiger partial charge in [0.05, 0.1) is 10.4 Å². The van der Waals surface area contributed by atoms with Gasteiger partial charge in [0.1, 0.15) is 17.5 Å². The largest absolute Gasteiger partial charge is 0.340 e. The van der Waals surface area contributed by atoms with Gasteiger partial charge in [0, 0.05) is 28.7 Å². The molecule has 0 radical (unpaired) electrons. The zero-order valence-electron chi connectivity index (χ0n) is 22.3. The number of aryl methyl sites for hydroxylation is 1. The van der Waals surface area contributed by atoms with Crippen LogP contribution in [0.15, 0.2) is 42.6 Å². The van der Waals surface area contributed by atoms with Gasteiger partial charge in [-0.3, -0.25) is 4.72 Å². The minimum atomic E-state index is -3.59. The number of nitrogens with one attached hydrogen (secondary N) is 3. The molecule has 4 rings (SSSR count). The number of hydrogen-bond donors (Lipinski definition) is 3. The summed E-state index contributed by atoms with van der Waals surface area (Å²) in [7, 11) is -1.58. The van der Waals surface area contributed by atoms with Gasteiger partial charge in [0.2, 0.25) is 16.0 Å². The number of halogens is 2. The average Bonchev–Trinajstić information content (AvgIpc) is 2.81. The first-order valence-corrected chi connectivity index (χ1v) is 14.0. The van der Waals surface area contributed by atoms with Crippen molar-refractivity contribution in [1.29, 1.82) is 0 Å². The van der Waals surface area contributed by atoms with Crippen molar-refractivity contribution >= 4 is 38.9 Å². The number of sulfonamides is 1. The molecule has 3 aromatic rings. The molecule has 0 atom stereocenters. The van der Waals surface area contributed by atoms with Crippen molar-refractivity contribution < 1.29 is 17.2 Å². The summed E-state index contributed by atoms with van der Waals surface area (Å²) < 4.78 is 56.6. The van der Waals surface area contributed by atoms with E-state index < -0.39 is 26.4 Å². The number of piperidine rings is 1. The van der Waals surface area contributed by atoms with Crippen molar-refractivity contribution in [2.45, 2.75) is 51.2 Å². The molecule has 204 valence electrons. The first-order chi connectivity index (χ1) is 17.8. The van der Waals surface area contributed by atoms with Crippen molar-refractivity contribution in [2.75, 3.05) is 35.5 Å². The van der Waals surface area contributed by atoms with Gasteiger partial charge in [-0.05, 0) is 96.9 Å². The maximum atomic E-state index is 15.0. The number of aromatic nitrogens is 2. The Morgan fingerprint density at radius 1 is 0.974 bits per heavy atom. The van der Waals surface area contributed by atoms with Crippen LogP contribution in [0.2, 0.25) is 0 Å². The second-order valence-electron chi connectivity index (χ2n) is 10.7. The number of hydrogen-bond acceptors (Lipinski definition) is 7. The molecule has 2 aromatic carbocycles. The smallest absolute Gasteiger partial charge is 0.237 e. The Bertz CT molecular complexity index is 1390. The van der Waals surface area contributed by atoms with Crippen LogP contribution in [0, 0.1) is 18.6 Å². The zero-order valence-corrected chi connectivity index (χ0v) is 23.1. The molecule has 1 fully saturated rings.